The van der Waals surface area contributed by atoms with Gasteiger partial charge in [-0.25, -0.2) is 0 Å². The Morgan fingerprint density at radius 3 is 1.94 bits per heavy atom. The lowest BCUT2D eigenvalue weighted by Gasteiger charge is -2.39. The first kappa shape index (κ1) is 22.5. The highest BCUT2D eigenvalue weighted by Gasteiger charge is 2.30. The normalized spacial score (nSPS) is 18.0. The lowest BCUT2D eigenvalue weighted by atomic mass is 9.96. The molecule has 0 spiro atoms. The minimum atomic E-state index is -0.505. The van der Waals surface area contributed by atoms with Gasteiger partial charge in [0.25, 0.3) is 0 Å². The minimum Gasteiger partial charge on any atom is -0.379 e. The van der Waals surface area contributed by atoms with Crippen LogP contribution in [-0.4, -0.2) is 92.1 Å². The van der Waals surface area contributed by atoms with Crippen molar-refractivity contribution in [3.63, 3.8) is 0 Å². The Morgan fingerprint density at radius 2 is 1.38 bits per heavy atom. The lowest BCUT2D eigenvalue weighted by molar-refractivity contribution is -0.147. The van der Waals surface area contributed by atoms with E-state index in [4.69, 9.17) is 4.74 Å². The van der Waals surface area contributed by atoms with Gasteiger partial charge in [-0.2, -0.15) is 0 Å². The van der Waals surface area contributed by atoms with Gasteiger partial charge in [0.15, 0.2) is 0 Å². The molecule has 4 rings (SSSR count). The minimum absolute atomic E-state index is 0.136. The maximum Gasteiger partial charge on any atom is 0.311 e. The second-order valence-corrected chi connectivity index (χ2v) is 8.26. The number of rotatable bonds is 6. The zero-order valence-corrected chi connectivity index (χ0v) is 18.5. The van der Waals surface area contributed by atoms with Crippen LogP contribution < -0.4 is 5.32 Å². The van der Waals surface area contributed by atoms with Crippen LogP contribution in [-0.2, 0) is 14.3 Å². The molecule has 7 heteroatoms. The fourth-order valence-corrected chi connectivity index (χ4v) is 4.44. The zero-order chi connectivity index (χ0) is 22.2. The molecule has 2 saturated heterocycles. The fourth-order valence-electron chi connectivity index (χ4n) is 4.44. The third-order valence-electron chi connectivity index (χ3n) is 6.21. The summed E-state index contributed by atoms with van der Waals surface area (Å²) in [7, 11) is 0. The van der Waals surface area contributed by atoms with Crippen LogP contribution in [0.15, 0.2) is 60.7 Å². The van der Waals surface area contributed by atoms with E-state index in [-0.39, 0.29) is 6.04 Å². The van der Waals surface area contributed by atoms with Gasteiger partial charge in [-0.1, -0.05) is 60.7 Å². The van der Waals surface area contributed by atoms with Gasteiger partial charge >= 0.3 is 11.8 Å². The summed E-state index contributed by atoms with van der Waals surface area (Å²) in [5.41, 5.74) is 2.47. The number of carbonyl (C=O) groups is 2. The van der Waals surface area contributed by atoms with E-state index in [1.165, 1.54) is 11.1 Å². The third kappa shape index (κ3) is 5.73. The van der Waals surface area contributed by atoms with Crippen molar-refractivity contribution >= 4 is 11.8 Å². The van der Waals surface area contributed by atoms with Gasteiger partial charge < -0.3 is 15.0 Å². The predicted octanol–water partition coefficient (Wildman–Crippen LogP) is 1.37. The lowest BCUT2D eigenvalue weighted by Crippen LogP contribution is -2.53. The summed E-state index contributed by atoms with van der Waals surface area (Å²) in [5, 5.41) is 2.79. The van der Waals surface area contributed by atoms with Crippen LogP contribution in [0.25, 0.3) is 0 Å². The Balaban J connectivity index is 1.31. The molecule has 170 valence electrons. The van der Waals surface area contributed by atoms with E-state index in [1.807, 2.05) is 12.1 Å². The second-order valence-electron chi connectivity index (χ2n) is 8.26. The van der Waals surface area contributed by atoms with Gasteiger partial charge in [-0.15, -0.1) is 0 Å². The molecule has 2 aliphatic heterocycles. The maximum absolute atomic E-state index is 12.7. The zero-order valence-electron chi connectivity index (χ0n) is 18.5. The van der Waals surface area contributed by atoms with Crippen molar-refractivity contribution in [3.8, 4) is 0 Å². The highest BCUT2D eigenvalue weighted by Crippen LogP contribution is 2.29. The quantitative estimate of drug-likeness (QED) is 0.693. The van der Waals surface area contributed by atoms with Gasteiger partial charge in [0, 0.05) is 52.4 Å². The summed E-state index contributed by atoms with van der Waals surface area (Å²) in [6.45, 7) is 6.96. The third-order valence-corrected chi connectivity index (χ3v) is 6.21. The summed E-state index contributed by atoms with van der Waals surface area (Å²) in [6, 6.07) is 21.0. The fraction of sp³-hybridized carbons (Fsp3) is 0.440. The molecule has 1 N–H and O–H groups in total. The highest BCUT2D eigenvalue weighted by atomic mass is 16.5. The number of benzene rings is 2. The molecule has 0 aromatic heterocycles. The van der Waals surface area contributed by atoms with Gasteiger partial charge in [0.05, 0.1) is 19.3 Å². The van der Waals surface area contributed by atoms with Crippen molar-refractivity contribution in [3.05, 3.63) is 71.8 Å². The Labute approximate surface area is 189 Å². The Bertz CT molecular complexity index is 824. The topological polar surface area (TPSA) is 65.1 Å². The van der Waals surface area contributed by atoms with E-state index >= 15 is 0 Å². The molecule has 2 amide bonds. The molecular weight excluding hydrogens is 404 g/mol. The van der Waals surface area contributed by atoms with Crippen molar-refractivity contribution in [2.75, 3.05) is 65.6 Å². The largest absolute Gasteiger partial charge is 0.379 e. The number of amides is 2. The average molecular weight is 437 g/mol. The molecule has 0 radical (unpaired) electrons. The van der Waals surface area contributed by atoms with E-state index in [9.17, 15) is 9.59 Å². The van der Waals surface area contributed by atoms with Crippen molar-refractivity contribution in [1.29, 1.82) is 0 Å². The van der Waals surface area contributed by atoms with Gasteiger partial charge in [0.2, 0.25) is 0 Å². The molecule has 2 fully saturated rings. The van der Waals surface area contributed by atoms with Crippen LogP contribution in [0.5, 0.6) is 0 Å². The summed E-state index contributed by atoms with van der Waals surface area (Å²) in [4.78, 5) is 31.3. The maximum atomic E-state index is 12.7. The number of ether oxygens (including phenoxy) is 1. The number of hydrogen-bond acceptors (Lipinski definition) is 5. The number of morpholine rings is 1. The molecule has 0 atom stereocenters. The van der Waals surface area contributed by atoms with Crippen LogP contribution in [0, 0.1) is 0 Å². The number of hydrogen-bond donors (Lipinski definition) is 1. The molecule has 2 aliphatic rings. The molecule has 2 aromatic carbocycles. The van der Waals surface area contributed by atoms with Crippen LogP contribution in [0.4, 0.5) is 0 Å². The summed E-state index contributed by atoms with van der Waals surface area (Å²) >= 11 is 0. The van der Waals surface area contributed by atoms with Crippen molar-refractivity contribution in [1.82, 2.24) is 20.0 Å². The number of nitrogens with one attached hydrogen (secondary N) is 1. The Kier molecular flexibility index (Phi) is 7.87. The number of nitrogens with zero attached hydrogens (tertiary/aromatic N) is 3. The molecular formula is C25H32N4O3. The van der Waals surface area contributed by atoms with Gasteiger partial charge in [-0.05, 0) is 11.1 Å². The average Bonchev–Trinajstić information content (AvgIpc) is 2.86. The van der Waals surface area contributed by atoms with E-state index < -0.39 is 11.8 Å². The van der Waals surface area contributed by atoms with Crippen molar-refractivity contribution in [2.24, 2.45) is 0 Å². The molecule has 0 saturated carbocycles. The summed E-state index contributed by atoms with van der Waals surface area (Å²) in [6.07, 6.45) is 0. The van der Waals surface area contributed by atoms with Crippen LogP contribution in [0.3, 0.4) is 0 Å². The van der Waals surface area contributed by atoms with Crippen molar-refractivity contribution in [2.45, 2.75) is 6.04 Å². The SMILES string of the molecule is O=C(NCCN1CCOCC1)C(=O)N1CCN(C(c2ccccc2)c2ccccc2)CC1. The number of piperazine rings is 1. The van der Waals surface area contributed by atoms with E-state index in [0.717, 1.165) is 45.9 Å². The van der Waals surface area contributed by atoms with Crippen LogP contribution in [0.1, 0.15) is 17.2 Å². The second kappa shape index (κ2) is 11.2. The number of carbonyl (C=O) groups excluding carboxylic acids is 2. The summed E-state index contributed by atoms with van der Waals surface area (Å²) in [5.74, 6) is -0.933. The first-order chi connectivity index (χ1) is 15.7. The van der Waals surface area contributed by atoms with Crippen LogP contribution in [0.2, 0.25) is 0 Å². The van der Waals surface area contributed by atoms with Crippen molar-refractivity contribution < 1.29 is 14.3 Å². The van der Waals surface area contributed by atoms with Gasteiger partial charge in [0.1, 0.15) is 0 Å². The molecule has 0 aliphatic carbocycles. The predicted molar refractivity (Wildman–Crippen MR) is 123 cm³/mol. The Morgan fingerprint density at radius 1 is 0.812 bits per heavy atom. The van der Waals surface area contributed by atoms with E-state index in [0.29, 0.717) is 19.6 Å². The standard InChI is InChI=1S/C25H32N4O3/c30-24(26-11-12-27-17-19-32-20-18-27)25(31)29-15-13-28(14-16-29)23(21-7-3-1-4-8-21)22-9-5-2-6-10-22/h1-10,23H,11-20H2,(H,26,30). The molecule has 32 heavy (non-hydrogen) atoms. The van der Waals surface area contributed by atoms with Gasteiger partial charge in [-0.3, -0.25) is 19.4 Å². The monoisotopic (exact) mass is 436 g/mol. The molecule has 0 bridgehead atoms. The molecule has 0 unspecified atom stereocenters. The molecule has 7 nitrogen and oxygen atoms in total. The summed E-state index contributed by atoms with van der Waals surface area (Å²) < 4.78 is 5.33. The highest BCUT2D eigenvalue weighted by molar-refractivity contribution is 6.35. The van der Waals surface area contributed by atoms with Crippen LogP contribution >= 0.6 is 0 Å². The first-order valence-corrected chi connectivity index (χ1v) is 11.4. The molecule has 2 heterocycles. The van der Waals surface area contributed by atoms with E-state index in [1.54, 1.807) is 4.90 Å². The molecule has 2 aromatic rings. The van der Waals surface area contributed by atoms with E-state index in [2.05, 4.69) is 63.6 Å². The Hall–Kier alpha value is -2.74. The smallest absolute Gasteiger partial charge is 0.311 e. The first-order valence-electron chi connectivity index (χ1n) is 11.4.